The summed E-state index contributed by atoms with van der Waals surface area (Å²) >= 11 is 0. The van der Waals surface area contributed by atoms with Crippen molar-refractivity contribution < 1.29 is 21.9 Å². The molecule has 0 spiro atoms. The van der Waals surface area contributed by atoms with Gasteiger partial charge in [0.25, 0.3) is 0 Å². The number of aromatic nitrogens is 6. The summed E-state index contributed by atoms with van der Waals surface area (Å²) in [4.78, 5) is 6.19. The minimum Gasteiger partial charge on any atom is -0.394 e. The molecule has 0 aliphatic carbocycles. The molecule has 3 atom stereocenters. The lowest BCUT2D eigenvalue weighted by Gasteiger charge is -2.20. The number of primary sulfonamides is 1. The molecule has 2 aromatic heterocycles. The Labute approximate surface area is 216 Å². The lowest BCUT2D eigenvalue weighted by Crippen LogP contribution is -2.46. The van der Waals surface area contributed by atoms with Crippen LogP contribution in [-0.4, -0.2) is 84.3 Å². The van der Waals surface area contributed by atoms with Gasteiger partial charge in [0.2, 0.25) is 25.9 Å². The first kappa shape index (κ1) is 26.3. The summed E-state index contributed by atoms with van der Waals surface area (Å²) in [5, 5.41) is 31.6. The Morgan fingerprint density at radius 1 is 1.13 bits per heavy atom. The van der Waals surface area contributed by atoms with Gasteiger partial charge in [0.1, 0.15) is 15.6 Å². The molecule has 1 fully saturated rings. The first-order valence-electron chi connectivity index (χ1n) is 11.3. The van der Waals surface area contributed by atoms with E-state index in [1.807, 2.05) is 0 Å². The molecule has 1 aliphatic rings. The third-order valence-corrected chi connectivity index (χ3v) is 8.86. The maximum Gasteiger partial charge on any atom is 0.242 e. The number of fused-ring (bicyclic) bond motifs is 1. The lowest BCUT2D eigenvalue weighted by molar-refractivity contribution is 0.264. The molecule has 0 radical (unpaired) electrons. The molecule has 0 saturated carbocycles. The number of para-hydroxylation sites is 1. The van der Waals surface area contributed by atoms with Crippen molar-refractivity contribution in [2.75, 3.05) is 19.7 Å². The van der Waals surface area contributed by atoms with Crippen molar-refractivity contribution in [2.24, 2.45) is 16.6 Å². The number of aliphatic hydroxyl groups is 1. The zero-order valence-corrected chi connectivity index (χ0v) is 21.3. The Morgan fingerprint density at radius 3 is 2.55 bits per heavy atom. The van der Waals surface area contributed by atoms with Crippen molar-refractivity contribution in [3.63, 3.8) is 0 Å². The van der Waals surface area contributed by atoms with Gasteiger partial charge in [-0.05, 0) is 22.9 Å². The Morgan fingerprint density at radius 2 is 1.92 bits per heavy atom. The van der Waals surface area contributed by atoms with Crippen LogP contribution in [-0.2, 0) is 20.0 Å². The Balaban J connectivity index is 1.79. The molecular weight excluding hydrogens is 538 g/mol. The van der Waals surface area contributed by atoms with E-state index < -0.39 is 48.0 Å². The van der Waals surface area contributed by atoms with E-state index >= 15 is 0 Å². The number of benzene rings is 2. The van der Waals surface area contributed by atoms with Gasteiger partial charge in [0.05, 0.1) is 35.3 Å². The molecule has 1 aliphatic heterocycles. The predicted octanol–water partition coefficient (Wildman–Crippen LogP) is -2.37. The summed E-state index contributed by atoms with van der Waals surface area (Å²) in [5.41, 5.74) is 13.3. The highest BCUT2D eigenvalue weighted by Crippen LogP contribution is 2.40. The van der Waals surface area contributed by atoms with Crippen LogP contribution in [0.3, 0.4) is 0 Å². The van der Waals surface area contributed by atoms with E-state index in [1.54, 1.807) is 18.2 Å². The number of nitrogens with two attached hydrogens (primary N) is 3. The molecule has 1 unspecified atom stereocenters. The van der Waals surface area contributed by atoms with Crippen molar-refractivity contribution >= 4 is 31.1 Å². The van der Waals surface area contributed by atoms with Gasteiger partial charge in [-0.2, -0.15) is 5.21 Å². The van der Waals surface area contributed by atoms with Crippen LogP contribution in [0.5, 0.6) is 0 Å². The first-order chi connectivity index (χ1) is 18.0. The summed E-state index contributed by atoms with van der Waals surface area (Å²) in [6, 6.07) is 5.62. The number of hydrogen-bond acceptors (Lipinski definition) is 12. The van der Waals surface area contributed by atoms with E-state index in [-0.39, 0.29) is 30.1 Å². The number of imidazole rings is 1. The molecule has 4 aromatic rings. The van der Waals surface area contributed by atoms with E-state index in [0.29, 0.717) is 29.0 Å². The van der Waals surface area contributed by atoms with Crippen LogP contribution in [0, 0.1) is 0 Å². The third-order valence-electron chi connectivity index (χ3n) is 6.20. The molecule has 202 valence electrons. The SMILES string of the molecule is NC(CO)c1nc2c(-c3ccc(S(=O)(=O)N[C@H]4CNC[C@H]4N)c(S(N)(=O)=O)c3-c3nn[nH]n3)cccc2[nH]1. The van der Waals surface area contributed by atoms with Crippen LogP contribution in [0.25, 0.3) is 33.5 Å². The van der Waals surface area contributed by atoms with Crippen molar-refractivity contribution in [3.8, 4) is 22.5 Å². The molecule has 5 rings (SSSR count). The average molecular weight is 564 g/mol. The molecular formula is C20H25N11O5S2. The smallest absolute Gasteiger partial charge is 0.242 e. The van der Waals surface area contributed by atoms with Gasteiger partial charge >= 0.3 is 0 Å². The van der Waals surface area contributed by atoms with E-state index in [2.05, 4.69) is 40.6 Å². The highest BCUT2D eigenvalue weighted by molar-refractivity contribution is 7.92. The molecule has 11 N–H and O–H groups in total. The van der Waals surface area contributed by atoms with Crippen LogP contribution < -0.4 is 26.6 Å². The normalized spacial score (nSPS) is 19.3. The monoisotopic (exact) mass is 563 g/mol. The molecule has 18 heteroatoms. The molecule has 16 nitrogen and oxygen atoms in total. The summed E-state index contributed by atoms with van der Waals surface area (Å²) in [5.74, 6) is 0.0905. The van der Waals surface area contributed by atoms with Gasteiger partial charge < -0.3 is 26.9 Å². The zero-order chi connectivity index (χ0) is 27.2. The van der Waals surface area contributed by atoms with Gasteiger partial charge in [-0.3, -0.25) is 0 Å². The van der Waals surface area contributed by atoms with Gasteiger partial charge in [0, 0.05) is 24.7 Å². The number of rotatable bonds is 8. The highest BCUT2D eigenvalue weighted by atomic mass is 32.2. The van der Waals surface area contributed by atoms with Gasteiger partial charge in [0.15, 0.2) is 0 Å². The second kappa shape index (κ2) is 9.75. The molecule has 1 saturated heterocycles. The fraction of sp³-hybridized carbons (Fsp3) is 0.300. The van der Waals surface area contributed by atoms with E-state index in [4.69, 9.17) is 16.6 Å². The van der Waals surface area contributed by atoms with E-state index in [9.17, 15) is 21.9 Å². The number of tetrazole rings is 1. The molecule has 0 amide bonds. The summed E-state index contributed by atoms with van der Waals surface area (Å²) in [7, 11) is -9.12. The number of H-pyrrole nitrogens is 2. The Hall–Kier alpha value is -3.36. The predicted molar refractivity (Wildman–Crippen MR) is 135 cm³/mol. The molecule has 38 heavy (non-hydrogen) atoms. The number of aromatic amines is 2. The van der Waals surface area contributed by atoms with Gasteiger partial charge in [-0.25, -0.2) is 31.7 Å². The Bertz CT molecular complexity index is 1700. The number of sulfonamides is 2. The lowest BCUT2D eigenvalue weighted by atomic mass is 9.98. The minimum absolute atomic E-state index is 0.193. The van der Waals surface area contributed by atoms with Crippen LogP contribution >= 0.6 is 0 Å². The standard InChI is InChI=1S/C20H25N11O5S2/c21-11-6-24-7-14(11)29-38(35,36)15-5-4-9(16(18(15)37(23,33)34)20-27-30-31-28-20)10-2-1-3-13-17(10)26-19(25-13)12(22)8-32/h1-5,11-12,14,24,29,32H,6-8,21-22H2,(H,25,26)(H2,23,33,34)(H,27,28,30,31)/t11-,12?,14+/m1/s1. The Kier molecular flexibility index (Phi) is 6.73. The number of aliphatic hydroxyl groups excluding tert-OH is 1. The van der Waals surface area contributed by atoms with Crippen molar-refractivity contribution in [1.82, 2.24) is 40.6 Å². The quantitative estimate of drug-likeness (QED) is 0.112. The molecule has 2 aromatic carbocycles. The van der Waals surface area contributed by atoms with E-state index in [1.165, 1.54) is 6.07 Å². The van der Waals surface area contributed by atoms with Crippen LogP contribution in [0.2, 0.25) is 0 Å². The summed E-state index contributed by atoms with van der Waals surface area (Å²) < 4.78 is 55.4. The highest BCUT2D eigenvalue weighted by Gasteiger charge is 2.35. The van der Waals surface area contributed by atoms with E-state index in [0.717, 1.165) is 6.07 Å². The van der Waals surface area contributed by atoms with Crippen molar-refractivity contribution in [3.05, 3.63) is 36.2 Å². The molecule has 0 bridgehead atoms. The summed E-state index contributed by atoms with van der Waals surface area (Å²) in [6.07, 6.45) is 0. The van der Waals surface area contributed by atoms with Gasteiger partial charge in [-0.15, -0.1) is 10.2 Å². The maximum absolute atomic E-state index is 13.5. The van der Waals surface area contributed by atoms with Crippen molar-refractivity contribution in [2.45, 2.75) is 27.9 Å². The number of hydrogen-bond donors (Lipinski definition) is 8. The zero-order valence-electron chi connectivity index (χ0n) is 19.7. The maximum atomic E-state index is 13.5. The average Bonchev–Trinajstić information content (AvgIpc) is 3.63. The van der Waals surface area contributed by atoms with Crippen LogP contribution in [0.1, 0.15) is 11.9 Å². The largest absolute Gasteiger partial charge is 0.394 e. The van der Waals surface area contributed by atoms with Crippen LogP contribution in [0.4, 0.5) is 0 Å². The number of nitrogens with one attached hydrogen (secondary N) is 4. The molecule has 3 heterocycles. The van der Waals surface area contributed by atoms with Gasteiger partial charge in [-0.1, -0.05) is 18.2 Å². The van der Waals surface area contributed by atoms with Crippen molar-refractivity contribution in [1.29, 1.82) is 0 Å². The number of nitrogens with zero attached hydrogens (tertiary/aromatic N) is 4. The fourth-order valence-electron chi connectivity index (χ4n) is 4.39. The van der Waals surface area contributed by atoms with Crippen LogP contribution in [0.15, 0.2) is 40.1 Å². The fourth-order valence-corrected chi connectivity index (χ4v) is 7.28. The third kappa shape index (κ3) is 4.67. The topological polar surface area (TPSA) is 274 Å². The second-order valence-corrected chi connectivity index (χ2v) is 11.9. The second-order valence-electron chi connectivity index (χ2n) is 8.76. The first-order valence-corrected chi connectivity index (χ1v) is 14.3. The minimum atomic E-state index is -4.69. The summed E-state index contributed by atoms with van der Waals surface area (Å²) in [6.45, 7) is 0.288.